The minimum absolute atomic E-state index is 0. The molecule has 16 heteroatoms. The Morgan fingerprint density at radius 1 is 0.438 bits per heavy atom. The van der Waals surface area contributed by atoms with Gasteiger partial charge in [-0.1, -0.05) is 0 Å². The quantitative estimate of drug-likeness (QED) is 0.130. The minimum atomic E-state index is -5.67. The summed E-state index contributed by atoms with van der Waals surface area (Å²) in [6, 6.07) is 0. The van der Waals surface area contributed by atoms with Crippen molar-refractivity contribution in [3.63, 3.8) is 0 Å². The number of hydrogen-bond donors (Lipinski definition) is 6. The maximum atomic E-state index is 8.87. The van der Waals surface area contributed by atoms with Crippen LogP contribution in [0.3, 0.4) is 0 Å². The molecular formula is H9O12PW3. The van der Waals surface area contributed by atoms with E-state index in [2.05, 4.69) is 0 Å². The Labute approximate surface area is 102 Å². The fourth-order valence-electron chi connectivity index (χ4n) is 0. The van der Waals surface area contributed by atoms with Crippen LogP contribution in [0.1, 0.15) is 0 Å². The van der Waals surface area contributed by atoms with E-state index in [1.807, 2.05) is 0 Å². The van der Waals surface area contributed by atoms with E-state index in [9.17, 15) is 0 Å². The maximum absolute atomic E-state index is 8.87. The molecular weight excluding hydrogens is 774 g/mol. The zero-order valence-corrected chi connectivity index (χ0v) is 17.3. The molecule has 0 amide bonds. The molecule has 0 aromatic heterocycles. The Balaban J connectivity index is -0.0000000655. The molecule has 104 valence electrons. The molecule has 0 aliphatic rings. The van der Waals surface area contributed by atoms with E-state index in [0.29, 0.717) is 0 Å². The van der Waals surface area contributed by atoms with Crippen molar-refractivity contribution >= 4 is 9.90 Å². The van der Waals surface area contributed by atoms with Crippen LogP contribution in [0.5, 0.6) is 0 Å². The van der Waals surface area contributed by atoms with Gasteiger partial charge in [0.15, 0.2) is 0 Å². The third-order valence-electron chi connectivity index (χ3n) is 0. The fraction of sp³-hybridized carbons (Fsp3) is 0. The van der Waals surface area contributed by atoms with Crippen LogP contribution in [0.25, 0.3) is 0 Å². The summed E-state index contributed by atoms with van der Waals surface area (Å²) in [6.45, 7) is 0. The zero-order valence-electron chi connectivity index (χ0n) is 7.06. The number of rotatable bonds is 0. The average Bonchev–Trinajstić information content (AvgIpc) is 1.41. The van der Waals surface area contributed by atoms with Crippen molar-refractivity contribution in [3.8, 4) is 0 Å². The third-order valence-corrected chi connectivity index (χ3v) is 0. The standard InChI is InChI=1S/6H2O.6O.H3P.3W/h6*1H2;;;;;;;1H3;;;/q;;;;;;;;;;;;;3*+2/p-6. The first-order valence-electron chi connectivity index (χ1n) is 2.10. The average molecular weight is 784 g/mol. The molecule has 16 heavy (non-hydrogen) atoms. The van der Waals surface area contributed by atoms with Crippen molar-refractivity contribution in [3.05, 3.63) is 0 Å². The summed E-state index contributed by atoms with van der Waals surface area (Å²) in [7, 11) is 0. The molecule has 0 bridgehead atoms. The van der Waals surface area contributed by atoms with Crippen molar-refractivity contribution in [1.29, 1.82) is 0 Å². The van der Waals surface area contributed by atoms with E-state index in [-0.39, 0.29) is 9.90 Å². The molecule has 0 radical (unpaired) electrons. The van der Waals surface area contributed by atoms with Crippen LogP contribution in [0.4, 0.5) is 0 Å². The fourth-order valence-corrected chi connectivity index (χ4v) is 0. The van der Waals surface area contributed by atoms with Gasteiger partial charge in [-0.25, -0.2) is 0 Å². The molecule has 0 aliphatic heterocycles. The van der Waals surface area contributed by atoms with E-state index >= 15 is 0 Å². The molecule has 1 unspecified atom stereocenters. The van der Waals surface area contributed by atoms with E-state index in [1.54, 1.807) is 0 Å². The Morgan fingerprint density at radius 2 is 0.438 bits per heavy atom. The first-order chi connectivity index (χ1) is 6.00. The van der Waals surface area contributed by atoms with Gasteiger partial charge in [0.2, 0.25) is 0 Å². The van der Waals surface area contributed by atoms with Gasteiger partial charge in [-0.3, -0.25) is 0 Å². The molecule has 0 spiro atoms. The Bertz CT molecular complexity index is 337. The molecule has 0 aromatic carbocycles. The molecule has 0 rings (SSSR count). The molecule has 0 aliphatic carbocycles. The van der Waals surface area contributed by atoms with E-state index in [1.165, 1.54) is 0 Å². The first-order valence-corrected chi connectivity index (χ1v) is 17.2. The predicted molar refractivity (Wildman–Crippen MR) is 28.5 cm³/mol. The molecule has 1 atom stereocenters. The molecule has 6 N–H and O–H groups in total. The molecule has 0 saturated carbocycles. The second kappa shape index (κ2) is 10.0. The first kappa shape index (κ1) is 25.8. The van der Waals surface area contributed by atoms with Crippen LogP contribution >= 0.6 is 9.90 Å². The van der Waals surface area contributed by atoms with Gasteiger partial charge in [-0.05, 0) is 0 Å². The van der Waals surface area contributed by atoms with Gasteiger partial charge in [0.05, 0.1) is 0 Å². The van der Waals surface area contributed by atoms with Crippen LogP contribution in [-0.4, -0.2) is 22.6 Å². The zero-order chi connectivity index (χ0) is 13.5. The van der Waals surface area contributed by atoms with Crippen molar-refractivity contribution in [2.75, 3.05) is 0 Å². The summed E-state index contributed by atoms with van der Waals surface area (Å²) < 4.78 is 96.3. The second-order valence-corrected chi connectivity index (χ2v) is 11.0. The van der Waals surface area contributed by atoms with Gasteiger partial charge in [0, 0.05) is 0 Å². The van der Waals surface area contributed by atoms with Crippen molar-refractivity contribution in [2.24, 2.45) is 0 Å². The monoisotopic (exact) mass is 784 g/mol. The van der Waals surface area contributed by atoms with Gasteiger partial charge in [0.25, 0.3) is 0 Å². The van der Waals surface area contributed by atoms with E-state index < -0.39 is 50.2 Å². The third kappa shape index (κ3) is 2670. The van der Waals surface area contributed by atoms with Crippen molar-refractivity contribution in [1.82, 2.24) is 0 Å². The van der Waals surface area contributed by atoms with Crippen LogP contribution < -0.4 is 0 Å². The van der Waals surface area contributed by atoms with Gasteiger partial charge in [-0.2, -0.15) is 9.90 Å². The van der Waals surface area contributed by atoms with Crippen LogP contribution in [0, 0.1) is 0 Å². The molecule has 0 aromatic rings. The Morgan fingerprint density at radius 3 is 0.438 bits per heavy atom. The molecule has 12 nitrogen and oxygen atoms in total. The van der Waals surface area contributed by atoms with Gasteiger partial charge < -0.3 is 0 Å². The molecule has 0 saturated heterocycles. The topological polar surface area (TPSA) is 224 Å². The summed E-state index contributed by atoms with van der Waals surface area (Å²) in [5.41, 5.74) is 0. The summed E-state index contributed by atoms with van der Waals surface area (Å²) in [6.07, 6.45) is 0. The second-order valence-electron chi connectivity index (χ2n) is 1.34. The predicted octanol–water partition coefficient (Wildman–Crippen LogP) is -4.00. The van der Waals surface area contributed by atoms with Crippen LogP contribution in [0.15, 0.2) is 0 Å². The summed E-state index contributed by atoms with van der Waals surface area (Å²) in [5.74, 6) is 0. The van der Waals surface area contributed by atoms with Crippen LogP contribution in [0.2, 0.25) is 0 Å². The number of hydrogen-bond acceptors (Lipinski definition) is 6. The Hall–Kier alpha value is 1.05. The van der Waals surface area contributed by atoms with Gasteiger partial charge in [-0.15, -0.1) is 0 Å². The van der Waals surface area contributed by atoms with Crippen molar-refractivity contribution < 1.29 is 93.2 Å². The SMILES string of the molecule is P.[O]=[W](=[O])([OH])[OH].[O]=[W](=[O])([OH])[OH].[O]=[W](=[O])([OH])[OH]. The summed E-state index contributed by atoms with van der Waals surface area (Å²) in [5, 5.41) is 0. The van der Waals surface area contributed by atoms with E-state index in [4.69, 9.17) is 42.9 Å². The van der Waals surface area contributed by atoms with Crippen LogP contribution in [-0.2, 0) is 70.6 Å². The normalized spacial score (nSPS) is 10.9. The van der Waals surface area contributed by atoms with Gasteiger partial charge in [0.1, 0.15) is 0 Å². The van der Waals surface area contributed by atoms with E-state index in [0.717, 1.165) is 0 Å². The summed E-state index contributed by atoms with van der Waals surface area (Å²) >= 11 is -17.0. The molecule has 0 fully saturated rings. The van der Waals surface area contributed by atoms with Gasteiger partial charge >= 0.3 is 93.2 Å². The Kier molecular flexibility index (Phi) is 16.2. The molecule has 0 heterocycles. The van der Waals surface area contributed by atoms with Crippen molar-refractivity contribution in [2.45, 2.75) is 0 Å². The summed E-state index contributed by atoms with van der Waals surface area (Å²) in [4.78, 5) is 0.